The number of carbonyl (C=O) groups is 2. The number of ketones is 1. The Hall–Kier alpha value is -4.12. The van der Waals surface area contributed by atoms with Gasteiger partial charge < -0.3 is 9.64 Å². The normalized spacial score (nSPS) is 21.8. The number of nitriles is 1. The van der Waals surface area contributed by atoms with Gasteiger partial charge in [0.1, 0.15) is 6.61 Å². The molecule has 2 aliphatic heterocycles. The van der Waals surface area contributed by atoms with Crippen molar-refractivity contribution < 1.29 is 27.5 Å². The second kappa shape index (κ2) is 10.1. The molecule has 0 radical (unpaired) electrons. The minimum atomic E-state index is -4.60. The number of alkyl halides is 3. The lowest BCUT2D eigenvalue weighted by Gasteiger charge is -2.47. The third-order valence-electron chi connectivity index (χ3n) is 8.63. The van der Waals surface area contributed by atoms with Crippen LogP contribution in [0.5, 0.6) is 0 Å². The molecular weight excluding hydrogens is 517 g/mol. The van der Waals surface area contributed by atoms with E-state index in [9.17, 15) is 28.0 Å². The summed E-state index contributed by atoms with van der Waals surface area (Å²) in [7, 11) is 0. The first-order valence-corrected chi connectivity index (χ1v) is 13.5. The standard InChI is InChI=1S/C32H27F3N2O3/c33-32(34,35)21-12-13-24(20(14-21)17-36)30(38)19-15-22-6-5-7-23(16-19)37(22)31(39)40-18-29-27-10-3-1-8-25(27)26-9-2-4-11-28(26)29/h1-4,8-14,19,22-23,29H,5-7,15-16,18H2. The van der Waals surface area contributed by atoms with Crippen molar-refractivity contribution in [1.82, 2.24) is 4.90 Å². The van der Waals surface area contributed by atoms with Gasteiger partial charge in [-0.2, -0.15) is 18.4 Å². The number of piperidine rings is 2. The molecule has 3 aromatic rings. The number of ether oxygens (including phenoxy) is 1. The van der Waals surface area contributed by atoms with Crippen LogP contribution in [0.25, 0.3) is 11.1 Å². The third-order valence-corrected chi connectivity index (χ3v) is 8.63. The number of Topliss-reactive ketones (excluding diaryl/α,β-unsaturated/α-hetero) is 1. The molecular formula is C32H27F3N2O3. The molecule has 40 heavy (non-hydrogen) atoms. The summed E-state index contributed by atoms with van der Waals surface area (Å²) >= 11 is 0. The molecule has 6 rings (SSSR count). The van der Waals surface area contributed by atoms with Crippen LogP contribution in [0.4, 0.5) is 18.0 Å². The molecule has 0 spiro atoms. The molecule has 0 aromatic heterocycles. The zero-order valence-corrected chi connectivity index (χ0v) is 21.7. The number of hydrogen-bond donors (Lipinski definition) is 0. The summed E-state index contributed by atoms with van der Waals surface area (Å²) in [6.45, 7) is 0.211. The van der Waals surface area contributed by atoms with Gasteiger partial charge in [-0.1, -0.05) is 48.5 Å². The Bertz CT molecular complexity index is 1470. The first kappa shape index (κ1) is 26.1. The molecule has 0 saturated carbocycles. The Balaban J connectivity index is 1.17. The SMILES string of the molecule is N#Cc1cc(C(F)(F)F)ccc1C(=O)C1CC2CCCC(C1)N2C(=O)OCC1c2ccccc2-c2ccccc21. The predicted molar refractivity (Wildman–Crippen MR) is 142 cm³/mol. The number of amides is 1. The highest BCUT2D eigenvalue weighted by molar-refractivity contribution is 6.00. The molecule has 2 unspecified atom stereocenters. The molecule has 2 fully saturated rings. The average molecular weight is 545 g/mol. The van der Waals surface area contributed by atoms with Crippen molar-refractivity contribution >= 4 is 11.9 Å². The molecule has 0 N–H and O–H groups in total. The Morgan fingerprint density at radius 1 is 0.925 bits per heavy atom. The van der Waals surface area contributed by atoms with Crippen molar-refractivity contribution in [3.63, 3.8) is 0 Å². The third kappa shape index (κ3) is 4.53. The Morgan fingerprint density at radius 2 is 1.52 bits per heavy atom. The van der Waals surface area contributed by atoms with Crippen molar-refractivity contribution in [3.05, 3.63) is 94.5 Å². The van der Waals surface area contributed by atoms with Gasteiger partial charge in [0.05, 0.1) is 17.2 Å². The lowest BCUT2D eigenvalue weighted by Crippen LogP contribution is -2.56. The first-order valence-electron chi connectivity index (χ1n) is 13.5. The van der Waals surface area contributed by atoms with Crippen LogP contribution in [-0.4, -0.2) is 35.5 Å². The summed E-state index contributed by atoms with van der Waals surface area (Å²) in [5.74, 6) is -0.870. The second-order valence-corrected chi connectivity index (χ2v) is 10.9. The van der Waals surface area contributed by atoms with Crippen LogP contribution < -0.4 is 0 Å². The number of hydrogen-bond acceptors (Lipinski definition) is 4. The Morgan fingerprint density at radius 3 is 2.10 bits per heavy atom. The highest BCUT2D eigenvalue weighted by atomic mass is 19.4. The van der Waals surface area contributed by atoms with Gasteiger partial charge in [-0.25, -0.2) is 4.79 Å². The van der Waals surface area contributed by atoms with E-state index < -0.39 is 23.8 Å². The highest BCUT2D eigenvalue weighted by Crippen LogP contribution is 2.45. The quantitative estimate of drug-likeness (QED) is 0.322. The fraction of sp³-hybridized carbons (Fsp3) is 0.344. The molecule has 2 bridgehead atoms. The number of rotatable bonds is 4. The van der Waals surface area contributed by atoms with Gasteiger partial charge in [-0.05, 0) is 72.6 Å². The van der Waals surface area contributed by atoms with Crippen LogP contribution in [0.15, 0.2) is 66.7 Å². The van der Waals surface area contributed by atoms with E-state index in [4.69, 9.17) is 4.74 Å². The van der Waals surface area contributed by atoms with Crippen LogP contribution in [0.2, 0.25) is 0 Å². The van der Waals surface area contributed by atoms with Crippen molar-refractivity contribution in [2.75, 3.05) is 6.61 Å². The molecule has 8 heteroatoms. The topological polar surface area (TPSA) is 70.4 Å². The molecule has 2 heterocycles. The molecule has 3 aromatic carbocycles. The maximum atomic E-state index is 13.4. The van der Waals surface area contributed by atoms with E-state index in [1.165, 1.54) is 0 Å². The minimum absolute atomic E-state index is 0.00756. The van der Waals surface area contributed by atoms with Gasteiger partial charge >= 0.3 is 12.3 Å². The zero-order chi connectivity index (χ0) is 28.0. The van der Waals surface area contributed by atoms with Gasteiger partial charge in [0.15, 0.2) is 5.78 Å². The van der Waals surface area contributed by atoms with Crippen LogP contribution in [-0.2, 0) is 10.9 Å². The summed E-state index contributed by atoms with van der Waals surface area (Å²) in [4.78, 5) is 28.6. The number of fused-ring (bicyclic) bond motifs is 5. The largest absolute Gasteiger partial charge is 0.448 e. The van der Waals surface area contributed by atoms with Crippen molar-refractivity contribution in [1.29, 1.82) is 5.26 Å². The van der Waals surface area contributed by atoms with Crippen molar-refractivity contribution in [2.24, 2.45) is 5.92 Å². The summed E-state index contributed by atoms with van der Waals surface area (Å²) < 4.78 is 45.3. The summed E-state index contributed by atoms with van der Waals surface area (Å²) in [6, 6.07) is 20.3. The molecule has 1 aliphatic carbocycles. The van der Waals surface area contributed by atoms with Gasteiger partial charge in [-0.15, -0.1) is 0 Å². The fourth-order valence-electron chi connectivity index (χ4n) is 6.81. The fourth-order valence-corrected chi connectivity index (χ4v) is 6.81. The second-order valence-electron chi connectivity index (χ2n) is 10.9. The van der Waals surface area contributed by atoms with Gasteiger partial charge in [0.25, 0.3) is 0 Å². The van der Waals surface area contributed by atoms with Crippen LogP contribution in [0, 0.1) is 17.2 Å². The van der Waals surface area contributed by atoms with E-state index >= 15 is 0 Å². The van der Waals surface area contributed by atoms with Gasteiger partial charge in [0, 0.05) is 29.5 Å². The van der Waals surface area contributed by atoms with Crippen LogP contribution in [0.1, 0.15) is 70.6 Å². The maximum absolute atomic E-state index is 13.4. The molecule has 5 nitrogen and oxygen atoms in total. The van der Waals surface area contributed by atoms with Crippen molar-refractivity contribution in [3.8, 4) is 17.2 Å². The summed E-state index contributed by atoms with van der Waals surface area (Å²) in [5, 5.41) is 9.46. The van der Waals surface area contributed by atoms with E-state index in [0.29, 0.717) is 12.8 Å². The van der Waals surface area contributed by atoms with Gasteiger partial charge in [0.2, 0.25) is 0 Å². The van der Waals surface area contributed by atoms with Crippen molar-refractivity contribution in [2.45, 2.75) is 56.3 Å². The van der Waals surface area contributed by atoms with E-state index in [-0.39, 0.29) is 41.5 Å². The van der Waals surface area contributed by atoms with E-state index in [1.807, 2.05) is 24.3 Å². The minimum Gasteiger partial charge on any atom is -0.448 e. The van der Waals surface area contributed by atoms with E-state index in [2.05, 4.69) is 24.3 Å². The Kier molecular flexibility index (Phi) is 6.61. The number of benzene rings is 3. The zero-order valence-electron chi connectivity index (χ0n) is 21.7. The molecule has 204 valence electrons. The highest BCUT2D eigenvalue weighted by Gasteiger charge is 2.44. The van der Waals surface area contributed by atoms with E-state index in [0.717, 1.165) is 59.7 Å². The maximum Gasteiger partial charge on any atom is 0.416 e. The summed E-state index contributed by atoms with van der Waals surface area (Å²) in [6.07, 6.45) is -1.83. The molecule has 2 atom stereocenters. The van der Waals surface area contributed by atoms with E-state index in [1.54, 1.807) is 11.0 Å². The number of nitrogens with zero attached hydrogens (tertiary/aromatic N) is 2. The van der Waals surface area contributed by atoms with Crippen LogP contribution >= 0.6 is 0 Å². The molecule has 2 saturated heterocycles. The number of halogens is 3. The lowest BCUT2D eigenvalue weighted by molar-refractivity contribution is -0.137. The first-order chi connectivity index (χ1) is 19.3. The average Bonchev–Trinajstić information content (AvgIpc) is 3.27. The Labute approximate surface area is 230 Å². The molecule has 1 amide bonds. The predicted octanol–water partition coefficient (Wildman–Crippen LogP) is 7.34. The van der Waals surface area contributed by atoms with Crippen LogP contribution in [0.3, 0.4) is 0 Å². The smallest absolute Gasteiger partial charge is 0.416 e. The number of carbonyl (C=O) groups excluding carboxylic acids is 2. The molecule has 3 aliphatic rings. The monoisotopic (exact) mass is 544 g/mol. The van der Waals surface area contributed by atoms with Gasteiger partial charge in [-0.3, -0.25) is 4.79 Å². The summed E-state index contributed by atoms with van der Waals surface area (Å²) in [5.41, 5.74) is 3.34. The lowest BCUT2D eigenvalue weighted by atomic mass is 9.75.